The average Bonchev–Trinajstić information content (AvgIpc) is 3.21. The SMILES string of the molecule is O=C(CCNS(=O)(=O)c1ccc(Cl)cc1)Nc1ccc(S(=O)(=O)Nc2nccs2)cc1. The number of carbonyl (C=O) groups is 1. The molecular formula is C18H17ClN4O5S3. The Morgan fingerprint density at radius 2 is 1.55 bits per heavy atom. The molecule has 164 valence electrons. The number of thiazole rings is 1. The summed E-state index contributed by atoms with van der Waals surface area (Å²) in [6.07, 6.45) is 1.37. The highest BCUT2D eigenvalue weighted by Gasteiger charge is 2.16. The number of halogens is 1. The maximum absolute atomic E-state index is 12.3. The van der Waals surface area contributed by atoms with Crippen LogP contribution in [-0.2, 0) is 24.8 Å². The number of aromatic nitrogens is 1. The molecule has 31 heavy (non-hydrogen) atoms. The second-order valence-electron chi connectivity index (χ2n) is 6.12. The lowest BCUT2D eigenvalue weighted by atomic mass is 10.3. The third kappa shape index (κ3) is 6.48. The molecule has 0 fully saturated rings. The zero-order valence-corrected chi connectivity index (χ0v) is 19.0. The van der Waals surface area contributed by atoms with E-state index in [-0.39, 0.29) is 27.9 Å². The molecule has 1 heterocycles. The van der Waals surface area contributed by atoms with Crippen molar-refractivity contribution in [3.05, 3.63) is 65.1 Å². The predicted octanol–water partition coefficient (Wildman–Crippen LogP) is 2.90. The monoisotopic (exact) mass is 500 g/mol. The van der Waals surface area contributed by atoms with Crippen LogP contribution >= 0.6 is 22.9 Å². The van der Waals surface area contributed by atoms with Crippen molar-refractivity contribution in [1.29, 1.82) is 0 Å². The summed E-state index contributed by atoms with van der Waals surface area (Å²) in [6.45, 7) is -0.110. The molecule has 9 nitrogen and oxygen atoms in total. The molecule has 1 aromatic heterocycles. The van der Waals surface area contributed by atoms with Gasteiger partial charge in [0.05, 0.1) is 9.79 Å². The Labute approximate surface area is 188 Å². The summed E-state index contributed by atoms with van der Waals surface area (Å²) in [6, 6.07) is 11.2. The molecule has 0 saturated carbocycles. The van der Waals surface area contributed by atoms with E-state index >= 15 is 0 Å². The number of rotatable bonds is 9. The highest BCUT2D eigenvalue weighted by Crippen LogP contribution is 2.19. The van der Waals surface area contributed by atoms with Gasteiger partial charge in [0, 0.05) is 35.3 Å². The fourth-order valence-electron chi connectivity index (χ4n) is 2.38. The fraction of sp³-hybridized carbons (Fsp3) is 0.111. The number of nitrogens with zero attached hydrogens (tertiary/aromatic N) is 1. The molecule has 0 atom stereocenters. The zero-order chi connectivity index (χ0) is 22.5. The molecule has 3 N–H and O–H groups in total. The van der Waals surface area contributed by atoms with E-state index < -0.39 is 26.0 Å². The minimum absolute atomic E-state index is 0.0106. The molecule has 0 aliphatic heterocycles. The molecule has 0 aliphatic rings. The number of hydrogen-bond acceptors (Lipinski definition) is 7. The second-order valence-corrected chi connectivity index (χ2v) is 10.9. The van der Waals surface area contributed by atoms with Gasteiger partial charge in [0.15, 0.2) is 5.13 Å². The van der Waals surface area contributed by atoms with Crippen molar-refractivity contribution in [1.82, 2.24) is 9.71 Å². The Morgan fingerprint density at radius 1 is 0.935 bits per heavy atom. The van der Waals surface area contributed by atoms with Crippen molar-refractivity contribution < 1.29 is 21.6 Å². The first kappa shape index (κ1) is 23.2. The van der Waals surface area contributed by atoms with Crippen LogP contribution in [-0.4, -0.2) is 34.3 Å². The van der Waals surface area contributed by atoms with Crippen LogP contribution in [0.25, 0.3) is 0 Å². The van der Waals surface area contributed by atoms with Crippen LogP contribution in [0.4, 0.5) is 10.8 Å². The first-order valence-corrected chi connectivity index (χ1v) is 13.0. The van der Waals surface area contributed by atoms with Crippen molar-refractivity contribution in [2.45, 2.75) is 16.2 Å². The molecular weight excluding hydrogens is 484 g/mol. The first-order valence-electron chi connectivity index (χ1n) is 8.73. The van der Waals surface area contributed by atoms with E-state index in [2.05, 4.69) is 19.7 Å². The van der Waals surface area contributed by atoms with E-state index in [0.717, 1.165) is 11.3 Å². The molecule has 2 aromatic carbocycles. The lowest BCUT2D eigenvalue weighted by Gasteiger charge is -2.09. The smallest absolute Gasteiger partial charge is 0.263 e. The van der Waals surface area contributed by atoms with Gasteiger partial charge in [-0.25, -0.2) is 26.5 Å². The van der Waals surface area contributed by atoms with Gasteiger partial charge in [-0.1, -0.05) is 11.6 Å². The summed E-state index contributed by atoms with van der Waals surface area (Å²) < 4.78 is 53.6. The molecule has 0 spiro atoms. The van der Waals surface area contributed by atoms with E-state index in [9.17, 15) is 21.6 Å². The summed E-state index contributed by atoms with van der Waals surface area (Å²) in [5.41, 5.74) is 0.374. The van der Waals surface area contributed by atoms with E-state index in [1.54, 1.807) is 5.38 Å². The van der Waals surface area contributed by atoms with Gasteiger partial charge in [-0.05, 0) is 48.5 Å². The van der Waals surface area contributed by atoms with E-state index in [0.29, 0.717) is 10.7 Å². The lowest BCUT2D eigenvalue weighted by molar-refractivity contribution is -0.116. The quantitative estimate of drug-likeness (QED) is 0.413. The summed E-state index contributed by atoms with van der Waals surface area (Å²) in [5.74, 6) is -0.435. The van der Waals surface area contributed by atoms with Gasteiger partial charge in [-0.3, -0.25) is 9.52 Å². The molecule has 3 rings (SSSR count). The van der Waals surface area contributed by atoms with Crippen LogP contribution < -0.4 is 14.8 Å². The Hall–Kier alpha value is -2.51. The summed E-state index contributed by atoms with van der Waals surface area (Å²) in [4.78, 5) is 16.0. The van der Waals surface area contributed by atoms with Gasteiger partial charge in [0.2, 0.25) is 15.9 Å². The van der Waals surface area contributed by atoms with Crippen LogP contribution in [0.15, 0.2) is 69.9 Å². The standard InChI is InChI=1S/C18H17ClN4O5S3/c19-13-1-5-15(6-2-13)30(25,26)21-10-9-17(24)22-14-3-7-16(8-4-14)31(27,28)23-18-20-11-12-29-18/h1-8,11-12,21H,9-10H2,(H,20,23)(H,22,24). The van der Waals surface area contributed by atoms with Crippen molar-refractivity contribution in [2.24, 2.45) is 0 Å². The van der Waals surface area contributed by atoms with Gasteiger partial charge < -0.3 is 5.32 Å². The average molecular weight is 501 g/mol. The highest BCUT2D eigenvalue weighted by atomic mass is 35.5. The van der Waals surface area contributed by atoms with E-state index in [1.165, 1.54) is 54.7 Å². The number of anilines is 2. The van der Waals surface area contributed by atoms with Crippen molar-refractivity contribution in [3.8, 4) is 0 Å². The third-order valence-corrected chi connectivity index (χ3v) is 7.77. The van der Waals surface area contributed by atoms with Crippen LogP contribution in [0, 0.1) is 0 Å². The fourth-order valence-corrected chi connectivity index (χ4v) is 5.33. The summed E-state index contributed by atoms with van der Waals surface area (Å²) in [5, 5.41) is 4.89. The Balaban J connectivity index is 1.52. The first-order chi connectivity index (χ1) is 14.7. The molecule has 0 bridgehead atoms. The Kier molecular flexibility index (Phi) is 7.28. The maximum Gasteiger partial charge on any atom is 0.263 e. The largest absolute Gasteiger partial charge is 0.326 e. The van der Waals surface area contributed by atoms with Gasteiger partial charge in [0.25, 0.3) is 10.0 Å². The molecule has 1 amide bonds. The molecule has 0 unspecified atom stereocenters. The van der Waals surface area contributed by atoms with Crippen molar-refractivity contribution in [2.75, 3.05) is 16.6 Å². The Morgan fingerprint density at radius 3 is 2.16 bits per heavy atom. The number of amides is 1. The molecule has 0 aliphatic carbocycles. The lowest BCUT2D eigenvalue weighted by Crippen LogP contribution is -2.27. The number of carbonyl (C=O) groups excluding carboxylic acids is 1. The molecule has 13 heteroatoms. The minimum Gasteiger partial charge on any atom is -0.326 e. The van der Waals surface area contributed by atoms with Gasteiger partial charge in [-0.2, -0.15) is 0 Å². The highest BCUT2D eigenvalue weighted by molar-refractivity contribution is 7.93. The number of benzene rings is 2. The van der Waals surface area contributed by atoms with E-state index in [1.807, 2.05) is 0 Å². The maximum atomic E-state index is 12.3. The van der Waals surface area contributed by atoms with Gasteiger partial charge in [0.1, 0.15) is 0 Å². The zero-order valence-electron chi connectivity index (χ0n) is 15.8. The van der Waals surface area contributed by atoms with Gasteiger partial charge >= 0.3 is 0 Å². The number of nitrogens with one attached hydrogen (secondary N) is 3. The Bertz CT molecular complexity index is 1240. The summed E-state index contributed by atoms with van der Waals surface area (Å²) in [7, 11) is -7.54. The third-order valence-electron chi connectivity index (χ3n) is 3.87. The normalized spacial score (nSPS) is 11.8. The molecule has 3 aromatic rings. The van der Waals surface area contributed by atoms with Gasteiger partial charge in [-0.15, -0.1) is 11.3 Å². The number of sulfonamides is 2. The van der Waals surface area contributed by atoms with Crippen LogP contribution in [0.5, 0.6) is 0 Å². The summed E-state index contributed by atoms with van der Waals surface area (Å²) >= 11 is 6.89. The van der Waals surface area contributed by atoms with Crippen LogP contribution in [0.1, 0.15) is 6.42 Å². The number of hydrogen-bond donors (Lipinski definition) is 3. The molecule has 0 saturated heterocycles. The predicted molar refractivity (Wildman–Crippen MR) is 119 cm³/mol. The van der Waals surface area contributed by atoms with E-state index in [4.69, 9.17) is 11.6 Å². The second kappa shape index (κ2) is 9.75. The van der Waals surface area contributed by atoms with Crippen LogP contribution in [0.3, 0.4) is 0 Å². The van der Waals surface area contributed by atoms with Crippen molar-refractivity contribution >= 4 is 59.7 Å². The minimum atomic E-state index is -3.79. The molecule has 0 radical (unpaired) electrons. The van der Waals surface area contributed by atoms with Crippen molar-refractivity contribution in [3.63, 3.8) is 0 Å². The van der Waals surface area contributed by atoms with Crippen LogP contribution in [0.2, 0.25) is 5.02 Å². The topological polar surface area (TPSA) is 134 Å².